The monoisotopic (exact) mass is 259 g/mol. The molecule has 4 nitrogen and oxygen atoms in total. The maximum atomic E-state index is 11.5. The first-order valence-corrected chi connectivity index (χ1v) is 8.13. The zero-order valence-electron chi connectivity index (χ0n) is 10.3. The minimum absolute atomic E-state index is 0.278. The highest BCUT2D eigenvalue weighted by Gasteiger charge is 2.27. The van der Waals surface area contributed by atoms with Crippen LogP contribution in [0.5, 0.6) is 0 Å². The lowest BCUT2D eigenvalue weighted by molar-refractivity contribution is 0.223. The number of aliphatic hydroxyl groups is 1. The van der Waals surface area contributed by atoms with Gasteiger partial charge >= 0.3 is 0 Å². The summed E-state index contributed by atoms with van der Waals surface area (Å²) in [4.78, 5) is 0. The highest BCUT2D eigenvalue weighted by Crippen LogP contribution is 2.29. The number of aliphatic hydroxyl groups excluding tert-OH is 1. The molecule has 0 bridgehead atoms. The van der Waals surface area contributed by atoms with Crippen LogP contribution in [0.25, 0.3) is 0 Å². The van der Waals surface area contributed by atoms with Gasteiger partial charge in [-0.3, -0.25) is 0 Å². The Morgan fingerprint density at radius 3 is 2.82 bits per heavy atom. The van der Waals surface area contributed by atoms with Crippen molar-refractivity contribution in [1.82, 2.24) is 4.31 Å². The molecule has 2 unspecified atom stereocenters. The van der Waals surface area contributed by atoms with E-state index in [4.69, 9.17) is 0 Å². The number of allylic oxidation sites excluding steroid dienone is 1. The van der Waals surface area contributed by atoms with Crippen LogP contribution in [0.2, 0.25) is 0 Å². The molecule has 0 radical (unpaired) electrons. The van der Waals surface area contributed by atoms with Crippen molar-refractivity contribution in [2.24, 2.45) is 5.92 Å². The molecule has 98 valence electrons. The lowest BCUT2D eigenvalue weighted by Crippen LogP contribution is -2.39. The van der Waals surface area contributed by atoms with Crippen LogP contribution in [0.4, 0.5) is 0 Å². The Morgan fingerprint density at radius 2 is 2.24 bits per heavy atom. The number of hydrogen-bond acceptors (Lipinski definition) is 3. The van der Waals surface area contributed by atoms with Crippen LogP contribution in [0.15, 0.2) is 11.6 Å². The van der Waals surface area contributed by atoms with E-state index in [1.54, 1.807) is 4.31 Å². The van der Waals surface area contributed by atoms with Crippen LogP contribution >= 0.6 is 0 Å². The van der Waals surface area contributed by atoms with Crippen LogP contribution in [-0.2, 0) is 10.0 Å². The van der Waals surface area contributed by atoms with Crippen molar-refractivity contribution in [1.29, 1.82) is 0 Å². The molecule has 0 spiro atoms. The Kier molecular flexibility index (Phi) is 3.90. The lowest BCUT2D eigenvalue weighted by atomic mass is 9.92. The fourth-order valence-corrected chi connectivity index (χ4v) is 3.75. The minimum Gasteiger partial charge on any atom is -0.389 e. The predicted molar refractivity (Wildman–Crippen MR) is 67.1 cm³/mol. The second kappa shape index (κ2) is 5.08. The molecule has 1 fully saturated rings. The van der Waals surface area contributed by atoms with Crippen molar-refractivity contribution in [2.75, 3.05) is 19.3 Å². The summed E-state index contributed by atoms with van der Waals surface area (Å²) >= 11 is 0. The van der Waals surface area contributed by atoms with Gasteiger partial charge in [-0.05, 0) is 38.0 Å². The van der Waals surface area contributed by atoms with E-state index in [1.807, 2.05) is 6.08 Å². The number of sulfonamides is 1. The smallest absolute Gasteiger partial charge is 0.211 e. The summed E-state index contributed by atoms with van der Waals surface area (Å²) in [5.41, 5.74) is 1.30. The van der Waals surface area contributed by atoms with Gasteiger partial charge in [0, 0.05) is 13.1 Å². The summed E-state index contributed by atoms with van der Waals surface area (Å²) in [5.74, 6) is 0.426. The quantitative estimate of drug-likeness (QED) is 0.773. The van der Waals surface area contributed by atoms with Gasteiger partial charge in [0.1, 0.15) is 0 Å². The molecule has 17 heavy (non-hydrogen) atoms. The van der Waals surface area contributed by atoms with E-state index in [0.29, 0.717) is 19.0 Å². The Labute approximate surface area is 103 Å². The van der Waals surface area contributed by atoms with Crippen molar-refractivity contribution >= 4 is 10.0 Å². The van der Waals surface area contributed by atoms with Gasteiger partial charge in [0.25, 0.3) is 0 Å². The number of piperidine rings is 1. The van der Waals surface area contributed by atoms with Crippen molar-refractivity contribution in [3.05, 3.63) is 11.6 Å². The normalized spacial score (nSPS) is 31.5. The third kappa shape index (κ3) is 3.53. The maximum Gasteiger partial charge on any atom is 0.211 e. The Balaban J connectivity index is 1.92. The second-order valence-electron chi connectivity index (χ2n) is 5.26. The molecule has 1 aliphatic carbocycles. The van der Waals surface area contributed by atoms with E-state index < -0.39 is 10.0 Å². The average molecular weight is 259 g/mol. The molecule has 1 N–H and O–H groups in total. The molecular formula is C12H21NO3S. The zero-order valence-corrected chi connectivity index (χ0v) is 11.1. The molecular weight excluding hydrogens is 238 g/mol. The summed E-state index contributed by atoms with van der Waals surface area (Å²) in [7, 11) is -3.04. The third-order valence-corrected chi connectivity index (χ3v) is 4.96. The SMILES string of the molecule is CS(=O)(=O)N1CCCC(CC2=CC(O)CC2)C1. The van der Waals surface area contributed by atoms with E-state index in [-0.39, 0.29) is 6.10 Å². The Morgan fingerprint density at radius 1 is 1.47 bits per heavy atom. The molecule has 1 saturated heterocycles. The second-order valence-corrected chi connectivity index (χ2v) is 7.25. The average Bonchev–Trinajstić information content (AvgIpc) is 2.63. The first kappa shape index (κ1) is 13.1. The van der Waals surface area contributed by atoms with Crippen LogP contribution in [0.3, 0.4) is 0 Å². The van der Waals surface area contributed by atoms with Crippen molar-refractivity contribution in [3.8, 4) is 0 Å². The summed E-state index contributed by atoms with van der Waals surface area (Å²) in [6.45, 7) is 1.31. The molecule has 5 heteroatoms. The highest BCUT2D eigenvalue weighted by atomic mass is 32.2. The van der Waals surface area contributed by atoms with Crippen LogP contribution in [0.1, 0.15) is 32.1 Å². The van der Waals surface area contributed by atoms with Gasteiger partial charge < -0.3 is 5.11 Å². The van der Waals surface area contributed by atoms with E-state index >= 15 is 0 Å². The van der Waals surface area contributed by atoms with E-state index in [1.165, 1.54) is 11.8 Å². The molecule has 1 aliphatic heterocycles. The first-order valence-electron chi connectivity index (χ1n) is 6.28. The molecule has 1 heterocycles. The highest BCUT2D eigenvalue weighted by molar-refractivity contribution is 7.88. The number of hydrogen-bond donors (Lipinski definition) is 1. The molecule has 2 atom stereocenters. The van der Waals surface area contributed by atoms with Gasteiger partial charge in [-0.15, -0.1) is 0 Å². The lowest BCUT2D eigenvalue weighted by Gasteiger charge is -2.31. The van der Waals surface area contributed by atoms with Crippen molar-refractivity contribution < 1.29 is 13.5 Å². The molecule has 2 aliphatic rings. The summed E-state index contributed by atoms with van der Waals surface area (Å²) in [6.07, 6.45) is 7.75. The topological polar surface area (TPSA) is 57.6 Å². The largest absolute Gasteiger partial charge is 0.389 e. The zero-order chi connectivity index (χ0) is 12.5. The van der Waals surface area contributed by atoms with Gasteiger partial charge in [0.05, 0.1) is 12.4 Å². The van der Waals surface area contributed by atoms with Crippen LogP contribution in [0, 0.1) is 5.92 Å². The van der Waals surface area contributed by atoms with Gasteiger partial charge in [0.15, 0.2) is 0 Å². The summed E-state index contributed by atoms with van der Waals surface area (Å²) in [6, 6.07) is 0. The summed E-state index contributed by atoms with van der Waals surface area (Å²) < 4.78 is 24.6. The number of nitrogens with zero attached hydrogens (tertiary/aromatic N) is 1. The molecule has 0 aromatic heterocycles. The maximum absolute atomic E-state index is 11.5. The number of rotatable bonds is 3. The van der Waals surface area contributed by atoms with E-state index in [0.717, 1.165) is 32.1 Å². The van der Waals surface area contributed by atoms with Gasteiger partial charge in [-0.2, -0.15) is 0 Å². The fourth-order valence-electron chi connectivity index (χ4n) is 2.81. The Hall–Kier alpha value is -0.390. The van der Waals surface area contributed by atoms with E-state index in [2.05, 4.69) is 0 Å². The summed E-state index contributed by atoms with van der Waals surface area (Å²) in [5, 5.41) is 9.43. The molecule has 0 aromatic carbocycles. The Bertz CT molecular complexity index is 402. The minimum atomic E-state index is -3.04. The van der Waals surface area contributed by atoms with Crippen molar-refractivity contribution in [2.45, 2.75) is 38.2 Å². The first-order chi connectivity index (χ1) is 7.95. The van der Waals surface area contributed by atoms with Crippen LogP contribution in [-0.4, -0.2) is 43.3 Å². The van der Waals surface area contributed by atoms with Gasteiger partial charge in [-0.1, -0.05) is 11.6 Å². The van der Waals surface area contributed by atoms with Crippen LogP contribution < -0.4 is 0 Å². The predicted octanol–water partition coefficient (Wildman–Crippen LogP) is 1.13. The van der Waals surface area contributed by atoms with Gasteiger partial charge in [-0.25, -0.2) is 12.7 Å². The molecule has 0 saturated carbocycles. The standard InChI is InChI=1S/C12H21NO3S/c1-17(15,16)13-6-2-3-11(9-13)7-10-4-5-12(14)8-10/h8,11-12,14H,2-7,9H2,1H3. The van der Waals surface area contributed by atoms with Gasteiger partial charge in [0.2, 0.25) is 10.0 Å². The van der Waals surface area contributed by atoms with E-state index in [9.17, 15) is 13.5 Å². The third-order valence-electron chi connectivity index (χ3n) is 3.69. The van der Waals surface area contributed by atoms with Crippen molar-refractivity contribution in [3.63, 3.8) is 0 Å². The molecule has 0 aromatic rings. The fraction of sp³-hybridized carbons (Fsp3) is 0.833. The molecule has 0 amide bonds. The molecule has 2 rings (SSSR count).